The predicted molar refractivity (Wildman–Crippen MR) is 142 cm³/mol. The lowest BCUT2D eigenvalue weighted by Crippen LogP contribution is -2.25. The van der Waals surface area contributed by atoms with Crippen LogP contribution in [0.25, 0.3) is 21.5 Å². The lowest BCUT2D eigenvalue weighted by atomic mass is 10.1. The van der Waals surface area contributed by atoms with E-state index >= 15 is 0 Å². The highest BCUT2D eigenvalue weighted by molar-refractivity contribution is 5.97. The first-order valence-corrected chi connectivity index (χ1v) is 12.0. The molecule has 0 atom stereocenters. The van der Waals surface area contributed by atoms with Crippen LogP contribution in [0.2, 0.25) is 0 Å². The molecule has 0 bridgehead atoms. The normalized spacial score (nSPS) is 13.7. The van der Waals surface area contributed by atoms with Crippen molar-refractivity contribution in [1.29, 1.82) is 0 Å². The summed E-state index contributed by atoms with van der Waals surface area (Å²) >= 11 is 0. The number of benzene rings is 1. The summed E-state index contributed by atoms with van der Waals surface area (Å²) in [7, 11) is 1.38. The molecule has 0 amide bonds. The molecule has 2 aromatic heterocycles. The third-order valence-corrected chi connectivity index (χ3v) is 5.19. The Hall–Kier alpha value is -6.54. The van der Waals surface area contributed by atoms with Crippen LogP contribution in [0.15, 0.2) is 136 Å². The van der Waals surface area contributed by atoms with Gasteiger partial charge in [-0.1, -0.05) is 12.8 Å². The zero-order valence-electron chi connectivity index (χ0n) is 22.4. The Bertz CT molecular complexity index is 1850. The van der Waals surface area contributed by atoms with Crippen molar-refractivity contribution in [2.75, 3.05) is 13.6 Å². The third-order valence-electron chi connectivity index (χ3n) is 5.19. The molecule has 226 valence electrons. The number of rotatable bonds is 16. The van der Waals surface area contributed by atoms with Crippen LogP contribution in [0.4, 0.5) is 0 Å². The maximum atomic E-state index is 12.8. The van der Waals surface area contributed by atoms with Gasteiger partial charge in [-0.3, -0.25) is 23.7 Å². The van der Waals surface area contributed by atoms with E-state index in [0.717, 1.165) is 23.8 Å². The fourth-order valence-electron chi connectivity index (χ4n) is 3.45. The van der Waals surface area contributed by atoms with Gasteiger partial charge in [0.15, 0.2) is 0 Å². The van der Waals surface area contributed by atoms with Crippen molar-refractivity contribution in [2.45, 2.75) is 32.2 Å². The van der Waals surface area contributed by atoms with Gasteiger partial charge in [-0.2, -0.15) is 5.11 Å². The van der Waals surface area contributed by atoms with Gasteiger partial charge in [0.25, 0.3) is 22.2 Å². The number of aromatic nitrogens is 2. The number of hydrogen-bond donors (Lipinski definition) is 1. The first kappa shape index (κ1) is 32.0. The maximum absolute atomic E-state index is 12.8. The zero-order chi connectivity index (χ0) is 31.6. The summed E-state index contributed by atoms with van der Waals surface area (Å²) in [5.41, 5.74) is 2.63. The van der Waals surface area contributed by atoms with E-state index in [2.05, 4.69) is 104 Å². The van der Waals surface area contributed by atoms with Gasteiger partial charge in [0, 0.05) is 22.2 Å². The second kappa shape index (κ2) is 17.3. The van der Waals surface area contributed by atoms with E-state index in [4.69, 9.17) is 5.73 Å². The highest BCUT2D eigenvalue weighted by Crippen LogP contribution is 2.15. The van der Waals surface area contributed by atoms with Crippen LogP contribution in [-0.2, 0) is 6.54 Å². The summed E-state index contributed by atoms with van der Waals surface area (Å²) in [6.07, 6.45) is 3.15. The van der Waals surface area contributed by atoms with Crippen molar-refractivity contribution >= 4 is 21.5 Å². The summed E-state index contributed by atoms with van der Waals surface area (Å²) in [6, 6.07) is 2.40. The first-order chi connectivity index (χ1) is 21.5. The molecule has 3 rings (SSSR count). The molecule has 27 heteroatoms. The molecule has 0 aliphatic heterocycles. The molecule has 0 aliphatic carbocycles. The van der Waals surface area contributed by atoms with Crippen LogP contribution in [0.3, 0.4) is 0 Å². The van der Waals surface area contributed by atoms with E-state index in [9.17, 15) is 19.2 Å². The van der Waals surface area contributed by atoms with Crippen LogP contribution in [0.5, 0.6) is 0 Å². The molecular formula is C17H19N23O4. The second-order valence-electron chi connectivity index (χ2n) is 7.73. The number of fused-ring (bicyclic) bond motifs is 2. The Morgan fingerprint density at radius 3 is 1.27 bits per heavy atom. The number of hydrogen-bond acceptors (Lipinski definition) is 7. The van der Waals surface area contributed by atoms with Crippen LogP contribution in [-0.4, -0.2) is 22.8 Å². The minimum absolute atomic E-state index is 0.0250. The van der Waals surface area contributed by atoms with Gasteiger partial charge in [0.2, 0.25) is 0 Å². The van der Waals surface area contributed by atoms with E-state index in [-0.39, 0.29) is 28.1 Å². The average Bonchev–Trinajstić information content (AvgIpc) is 3.40. The van der Waals surface area contributed by atoms with Crippen molar-refractivity contribution in [3.05, 3.63) is 53.5 Å². The summed E-state index contributed by atoms with van der Waals surface area (Å²) < 4.78 is 1.49. The van der Waals surface area contributed by atoms with Crippen molar-refractivity contribution in [3.8, 4) is 0 Å². The van der Waals surface area contributed by atoms with E-state index < -0.39 is 22.2 Å². The first-order valence-electron chi connectivity index (χ1n) is 12.0. The fraction of sp³-hybridized carbons (Fsp3) is 0.412. The molecule has 27 nitrogen and oxygen atoms in total. The largest absolute Gasteiger partial charge is 0.330 e. The third kappa shape index (κ3) is 8.73. The van der Waals surface area contributed by atoms with Gasteiger partial charge in [-0.15, -0.1) is 4.68 Å². The molecule has 0 saturated heterocycles. The molecule has 3 aromatic rings. The van der Waals surface area contributed by atoms with Gasteiger partial charge >= 0.3 is 0 Å². The summed E-state index contributed by atoms with van der Waals surface area (Å²) in [5, 5.41) is 61.5. The van der Waals surface area contributed by atoms with E-state index in [1.165, 1.54) is 19.2 Å². The van der Waals surface area contributed by atoms with Crippen LogP contribution < -0.4 is 28.0 Å². The van der Waals surface area contributed by atoms with E-state index in [1.807, 2.05) is 0 Å². The summed E-state index contributed by atoms with van der Waals surface area (Å²) in [5.74, 6) is 0. The van der Waals surface area contributed by atoms with E-state index in [0.29, 0.717) is 17.6 Å². The van der Waals surface area contributed by atoms with E-state index in [1.54, 1.807) is 0 Å². The molecule has 0 fully saturated rings. The molecule has 0 aliphatic rings. The predicted octanol–water partition coefficient (Wildman–Crippen LogP) is 3.58. The molecule has 0 saturated carbocycles. The Morgan fingerprint density at radius 2 is 0.864 bits per heavy atom. The van der Waals surface area contributed by atoms with Gasteiger partial charge in [0.05, 0.1) is 28.6 Å². The van der Waals surface area contributed by atoms with Crippen molar-refractivity contribution < 1.29 is 0 Å². The molecule has 0 unspecified atom stereocenters. The zero-order valence-corrected chi connectivity index (χ0v) is 22.4. The standard InChI is InChI=1S/C17H19N23O4/c1-19-20-21-22-23-24-25-26-27-28-29-30-31-32-33-34-35-36-37-38-40-16(43)12-8-10-11(9-13(12)17(40)44)15(42)39(14(10)41)7-5-3-2-4-6-18/h8-9H,2-7,18H2,1H3. The summed E-state index contributed by atoms with van der Waals surface area (Å²) in [6.45, 7) is 0.788. The smallest absolute Gasteiger partial charge is 0.283 e. The number of unbranched alkanes of at least 4 members (excludes halogenated alkanes) is 3. The minimum Gasteiger partial charge on any atom is -0.330 e. The number of nitrogens with zero attached hydrogens (tertiary/aromatic N) is 22. The highest BCUT2D eigenvalue weighted by Gasteiger charge is 2.19. The monoisotopic (exact) mass is 609 g/mol. The van der Waals surface area contributed by atoms with Gasteiger partial charge in [-0.05, 0) is 115 Å². The van der Waals surface area contributed by atoms with Crippen molar-refractivity contribution in [3.63, 3.8) is 0 Å². The average molecular weight is 609 g/mol. The fourth-order valence-corrected chi connectivity index (χ4v) is 3.45. The van der Waals surface area contributed by atoms with Crippen molar-refractivity contribution in [2.24, 2.45) is 110 Å². The molecule has 1 aromatic carbocycles. The van der Waals surface area contributed by atoms with Crippen molar-refractivity contribution in [1.82, 2.24) is 9.24 Å². The second-order valence-corrected chi connectivity index (χ2v) is 7.73. The molecule has 44 heavy (non-hydrogen) atoms. The molecule has 0 radical (unpaired) electrons. The van der Waals surface area contributed by atoms with Crippen LogP contribution in [0, 0.1) is 0 Å². The lowest BCUT2D eigenvalue weighted by Gasteiger charge is -2.00. The number of nitrogens with two attached hydrogens (primary N) is 1. The Balaban J connectivity index is 1.57. The Morgan fingerprint density at radius 1 is 0.500 bits per heavy atom. The quantitative estimate of drug-likeness (QED) is 0.144. The van der Waals surface area contributed by atoms with Gasteiger partial charge in [0.1, 0.15) is 0 Å². The van der Waals surface area contributed by atoms with Gasteiger partial charge < -0.3 is 5.73 Å². The minimum atomic E-state index is -0.877. The Kier molecular flexibility index (Phi) is 12.6. The van der Waals surface area contributed by atoms with Crippen LogP contribution in [0.1, 0.15) is 25.7 Å². The molecule has 0 spiro atoms. The summed E-state index contributed by atoms with van der Waals surface area (Å²) in [4.78, 5) is 51.0. The molecular weight excluding hydrogens is 590 g/mol. The lowest BCUT2D eigenvalue weighted by molar-refractivity contribution is 0.561. The van der Waals surface area contributed by atoms with Gasteiger partial charge in [-0.25, -0.2) is 0 Å². The molecule has 2 N–H and O–H groups in total. The highest BCUT2D eigenvalue weighted by atomic mass is 16.2. The maximum Gasteiger partial charge on any atom is 0.283 e. The Labute approximate surface area is 240 Å². The molecule has 2 heterocycles. The topological polar surface area (TPSA) is 351 Å². The van der Waals surface area contributed by atoms with Crippen LogP contribution >= 0.6 is 0 Å². The SMILES string of the molecule is CN=NN=NN=NN=NN=NN=NN=NN=NN=NN=Nn1c(=O)c2cc3c(=O)n(CCCCCCN)c(=O)c3cc2c1=O.